The van der Waals surface area contributed by atoms with Crippen molar-refractivity contribution >= 4 is 49.7 Å². The molecule has 144 valence electrons. The molecule has 0 radical (unpaired) electrons. The Kier molecular flexibility index (Phi) is 6.08. The second-order valence-electron chi connectivity index (χ2n) is 5.50. The van der Waals surface area contributed by atoms with Crippen molar-refractivity contribution in [3.05, 3.63) is 77.3 Å². The first kappa shape index (κ1) is 20.0. The molecular weight excluding hydrogens is 420 g/mol. The molecule has 0 aliphatic heterocycles. The second-order valence-corrected chi connectivity index (χ2v) is 8.57. The molecule has 2 aromatic carbocycles. The Morgan fingerprint density at radius 2 is 2.00 bits per heavy atom. The molecule has 3 rings (SSSR count). The zero-order valence-corrected chi connectivity index (χ0v) is 16.8. The molecule has 0 aliphatic carbocycles. The molecule has 0 atom stereocenters. The molecule has 0 spiro atoms. The van der Waals surface area contributed by atoms with Gasteiger partial charge in [0.25, 0.3) is 15.9 Å². The minimum atomic E-state index is -4.04. The number of para-hydroxylation sites is 1. The average molecular weight is 435 g/mol. The van der Waals surface area contributed by atoms with Gasteiger partial charge in [0, 0.05) is 5.56 Å². The zero-order chi connectivity index (χ0) is 20.1. The number of hydrogen-bond donors (Lipinski definition) is 1. The maximum absolute atomic E-state index is 13.3. The Bertz CT molecular complexity index is 1090. The maximum Gasteiger partial charge on any atom is 0.266 e. The summed E-state index contributed by atoms with van der Waals surface area (Å²) >= 11 is 7.33. The first-order valence-corrected chi connectivity index (χ1v) is 10.7. The van der Waals surface area contributed by atoms with Gasteiger partial charge in [0.05, 0.1) is 17.3 Å². The molecule has 1 amide bonds. The van der Waals surface area contributed by atoms with Gasteiger partial charge in [0.1, 0.15) is 10.4 Å². The summed E-state index contributed by atoms with van der Waals surface area (Å²) in [5.74, 6) is -0.514. The molecule has 0 unspecified atom stereocenters. The molecule has 10 heteroatoms. The average Bonchev–Trinajstić information content (AvgIpc) is 3.19. The van der Waals surface area contributed by atoms with E-state index in [-0.39, 0.29) is 22.0 Å². The van der Waals surface area contributed by atoms with Crippen molar-refractivity contribution in [1.82, 2.24) is 10.2 Å². The Hall–Kier alpha value is -2.75. The Balaban J connectivity index is 2.00. The Morgan fingerprint density at radius 1 is 1.25 bits per heavy atom. The van der Waals surface area contributed by atoms with E-state index in [0.717, 1.165) is 11.3 Å². The summed E-state index contributed by atoms with van der Waals surface area (Å²) in [5.41, 5.74) is 2.06. The Morgan fingerprint density at radius 3 is 2.64 bits per heavy atom. The van der Waals surface area contributed by atoms with Crippen molar-refractivity contribution in [2.75, 3.05) is 16.2 Å². The third kappa shape index (κ3) is 4.22. The van der Waals surface area contributed by atoms with Crippen LogP contribution in [0.3, 0.4) is 0 Å². The van der Waals surface area contributed by atoms with Crippen LogP contribution in [0.4, 0.5) is 10.8 Å². The molecule has 1 N–H and O–H groups in total. The van der Waals surface area contributed by atoms with Gasteiger partial charge in [-0.1, -0.05) is 47.2 Å². The lowest BCUT2D eigenvalue weighted by molar-refractivity contribution is 0.102. The van der Waals surface area contributed by atoms with Gasteiger partial charge in [0.15, 0.2) is 0 Å². The number of rotatable bonds is 7. The van der Waals surface area contributed by atoms with Crippen LogP contribution in [0.25, 0.3) is 0 Å². The van der Waals surface area contributed by atoms with Crippen molar-refractivity contribution in [3.8, 4) is 0 Å². The molecule has 28 heavy (non-hydrogen) atoms. The molecular formula is C18H15ClN4O3S2. The van der Waals surface area contributed by atoms with Gasteiger partial charge >= 0.3 is 0 Å². The SMILES string of the molecule is C=CCN(c1ccccc1)S(=O)(=O)c1cc(C(=O)Nc2nncs2)ccc1Cl. The predicted octanol–water partition coefficient (Wildman–Crippen LogP) is 3.83. The maximum atomic E-state index is 13.3. The van der Waals surface area contributed by atoms with Crippen LogP contribution in [-0.2, 0) is 10.0 Å². The number of aromatic nitrogens is 2. The highest BCUT2D eigenvalue weighted by atomic mass is 35.5. The topological polar surface area (TPSA) is 92.3 Å². The summed E-state index contributed by atoms with van der Waals surface area (Å²) in [7, 11) is -4.04. The van der Waals surface area contributed by atoms with E-state index in [2.05, 4.69) is 22.1 Å². The summed E-state index contributed by atoms with van der Waals surface area (Å²) in [6, 6.07) is 12.6. The summed E-state index contributed by atoms with van der Waals surface area (Å²) < 4.78 is 27.7. The van der Waals surface area contributed by atoms with Crippen molar-refractivity contribution in [2.24, 2.45) is 0 Å². The van der Waals surface area contributed by atoms with Crippen LogP contribution in [0.5, 0.6) is 0 Å². The number of carbonyl (C=O) groups excluding carboxylic acids is 1. The number of sulfonamides is 1. The van der Waals surface area contributed by atoms with Crippen LogP contribution in [-0.4, -0.2) is 31.1 Å². The van der Waals surface area contributed by atoms with Crippen LogP contribution >= 0.6 is 22.9 Å². The molecule has 0 fully saturated rings. The lowest BCUT2D eigenvalue weighted by atomic mass is 10.2. The van der Waals surface area contributed by atoms with Crippen LogP contribution in [0.2, 0.25) is 5.02 Å². The lowest BCUT2D eigenvalue weighted by Gasteiger charge is -2.24. The number of nitrogens with zero attached hydrogens (tertiary/aromatic N) is 3. The van der Waals surface area contributed by atoms with Gasteiger partial charge in [0.2, 0.25) is 5.13 Å². The number of amides is 1. The van der Waals surface area contributed by atoms with Gasteiger partial charge in [-0.3, -0.25) is 14.4 Å². The largest absolute Gasteiger partial charge is 0.296 e. The van der Waals surface area contributed by atoms with E-state index in [4.69, 9.17) is 11.6 Å². The summed E-state index contributed by atoms with van der Waals surface area (Å²) in [5, 5.41) is 10.3. The van der Waals surface area contributed by atoms with Gasteiger partial charge in [-0.05, 0) is 30.3 Å². The summed E-state index contributed by atoms with van der Waals surface area (Å²) in [4.78, 5) is 12.3. The smallest absolute Gasteiger partial charge is 0.266 e. The number of hydrogen-bond acceptors (Lipinski definition) is 6. The van der Waals surface area contributed by atoms with Gasteiger partial charge in [-0.2, -0.15) is 0 Å². The van der Waals surface area contributed by atoms with E-state index < -0.39 is 15.9 Å². The van der Waals surface area contributed by atoms with Gasteiger partial charge < -0.3 is 0 Å². The summed E-state index contributed by atoms with van der Waals surface area (Å²) in [6.07, 6.45) is 1.48. The van der Waals surface area contributed by atoms with Crippen molar-refractivity contribution in [3.63, 3.8) is 0 Å². The molecule has 7 nitrogen and oxygen atoms in total. The van der Waals surface area contributed by atoms with Crippen molar-refractivity contribution in [1.29, 1.82) is 0 Å². The van der Waals surface area contributed by atoms with E-state index >= 15 is 0 Å². The molecule has 0 bridgehead atoms. The van der Waals surface area contributed by atoms with E-state index in [1.807, 2.05) is 0 Å². The first-order chi connectivity index (χ1) is 13.4. The highest BCUT2D eigenvalue weighted by molar-refractivity contribution is 7.93. The minimum absolute atomic E-state index is 0.0115. The van der Waals surface area contributed by atoms with Gasteiger partial charge in [-0.25, -0.2) is 8.42 Å². The molecule has 0 aliphatic rings. The normalized spacial score (nSPS) is 11.0. The predicted molar refractivity (Wildman–Crippen MR) is 110 cm³/mol. The lowest BCUT2D eigenvalue weighted by Crippen LogP contribution is -2.31. The number of anilines is 2. The third-order valence-electron chi connectivity index (χ3n) is 3.68. The zero-order valence-electron chi connectivity index (χ0n) is 14.4. The van der Waals surface area contributed by atoms with Crippen LogP contribution in [0.1, 0.15) is 10.4 Å². The van der Waals surface area contributed by atoms with Crippen molar-refractivity contribution < 1.29 is 13.2 Å². The fourth-order valence-corrected chi connectivity index (χ4v) is 4.79. The quantitative estimate of drug-likeness (QED) is 0.570. The van der Waals surface area contributed by atoms with Gasteiger partial charge in [-0.15, -0.1) is 16.8 Å². The Labute approximate surface area is 171 Å². The number of nitrogens with one attached hydrogen (secondary N) is 1. The van der Waals surface area contributed by atoms with E-state index in [9.17, 15) is 13.2 Å². The van der Waals surface area contributed by atoms with E-state index in [0.29, 0.717) is 10.8 Å². The first-order valence-electron chi connectivity index (χ1n) is 7.99. The van der Waals surface area contributed by atoms with E-state index in [1.54, 1.807) is 30.3 Å². The number of halogens is 1. The number of benzene rings is 2. The molecule has 1 aromatic heterocycles. The standard InChI is InChI=1S/C18H15ClN4O3S2/c1-2-10-23(14-6-4-3-5-7-14)28(25,26)16-11-13(8-9-15(16)19)17(24)21-18-22-20-12-27-18/h2-9,11-12H,1,10H2,(H,21,22,24). The summed E-state index contributed by atoms with van der Waals surface area (Å²) in [6.45, 7) is 3.67. The highest BCUT2D eigenvalue weighted by Crippen LogP contribution is 2.29. The molecule has 3 aromatic rings. The van der Waals surface area contributed by atoms with Crippen LogP contribution < -0.4 is 9.62 Å². The molecule has 0 saturated carbocycles. The van der Waals surface area contributed by atoms with E-state index in [1.165, 1.54) is 34.1 Å². The number of carbonyl (C=O) groups is 1. The highest BCUT2D eigenvalue weighted by Gasteiger charge is 2.27. The fraction of sp³-hybridized carbons (Fsp3) is 0.0556. The fourth-order valence-electron chi connectivity index (χ4n) is 2.41. The van der Waals surface area contributed by atoms with Crippen LogP contribution in [0.15, 0.2) is 71.6 Å². The van der Waals surface area contributed by atoms with Crippen molar-refractivity contribution in [2.45, 2.75) is 4.90 Å². The van der Waals surface area contributed by atoms with Crippen LogP contribution in [0, 0.1) is 0 Å². The molecule has 0 saturated heterocycles. The second kappa shape index (κ2) is 8.51. The minimum Gasteiger partial charge on any atom is -0.296 e. The molecule has 1 heterocycles. The monoisotopic (exact) mass is 434 g/mol. The third-order valence-corrected chi connectivity index (χ3v) is 6.56.